The smallest absolute Gasteiger partial charge is 0.410 e. The van der Waals surface area contributed by atoms with E-state index in [1.165, 1.54) is 6.42 Å². The van der Waals surface area contributed by atoms with Crippen molar-refractivity contribution in [1.82, 2.24) is 10.2 Å². The van der Waals surface area contributed by atoms with Gasteiger partial charge in [0.1, 0.15) is 5.60 Å². The molecule has 2 saturated heterocycles. The maximum atomic E-state index is 12.0. The van der Waals surface area contributed by atoms with E-state index in [1.807, 2.05) is 25.7 Å². The van der Waals surface area contributed by atoms with Gasteiger partial charge in [-0.3, -0.25) is 0 Å². The van der Waals surface area contributed by atoms with Crippen LogP contribution in [0.15, 0.2) is 0 Å². The first-order chi connectivity index (χ1) is 7.96. The number of likely N-dealkylation sites (tertiary alicyclic amines) is 1. The third kappa shape index (κ3) is 3.35. The van der Waals surface area contributed by atoms with Gasteiger partial charge in [-0.25, -0.2) is 4.79 Å². The number of ether oxygens (including phenoxy) is 1. The van der Waals surface area contributed by atoms with E-state index in [2.05, 4.69) is 5.32 Å². The van der Waals surface area contributed by atoms with Crippen molar-refractivity contribution in [3.63, 3.8) is 0 Å². The monoisotopic (exact) mass is 240 g/mol. The van der Waals surface area contributed by atoms with Crippen molar-refractivity contribution >= 4 is 6.09 Å². The molecule has 0 saturated carbocycles. The van der Waals surface area contributed by atoms with E-state index in [1.54, 1.807) is 0 Å². The summed E-state index contributed by atoms with van der Waals surface area (Å²) in [4.78, 5) is 13.8. The molecule has 2 heterocycles. The molecule has 1 amide bonds. The summed E-state index contributed by atoms with van der Waals surface area (Å²) in [7, 11) is 0. The van der Waals surface area contributed by atoms with Crippen LogP contribution in [0.1, 0.15) is 40.0 Å². The summed E-state index contributed by atoms with van der Waals surface area (Å²) in [5.41, 5.74) is -0.391. The first-order valence-corrected chi connectivity index (χ1v) is 6.67. The van der Waals surface area contributed by atoms with Crippen LogP contribution in [0.3, 0.4) is 0 Å². The Kier molecular flexibility index (Phi) is 3.61. The van der Waals surface area contributed by atoms with E-state index in [9.17, 15) is 4.79 Å². The molecule has 0 bridgehead atoms. The maximum absolute atomic E-state index is 12.0. The van der Waals surface area contributed by atoms with E-state index in [0.717, 1.165) is 38.4 Å². The van der Waals surface area contributed by atoms with Gasteiger partial charge in [-0.15, -0.1) is 0 Å². The lowest BCUT2D eigenvalue weighted by molar-refractivity contribution is 0.0254. The molecule has 4 nitrogen and oxygen atoms in total. The standard InChI is InChI=1S/C13H24N2O2/c1-13(2,3)17-12(16)15-8-5-10-4-7-14-11(10)6-9-15/h10-11,14H,4-9H2,1-3H3. The van der Waals surface area contributed by atoms with Crippen molar-refractivity contribution in [2.24, 2.45) is 5.92 Å². The highest BCUT2D eigenvalue weighted by molar-refractivity contribution is 5.68. The molecule has 0 aromatic carbocycles. The molecule has 0 aromatic rings. The summed E-state index contributed by atoms with van der Waals surface area (Å²) in [6.07, 6.45) is 3.27. The lowest BCUT2D eigenvalue weighted by Gasteiger charge is -2.26. The molecule has 2 aliphatic heterocycles. The quantitative estimate of drug-likeness (QED) is 0.704. The minimum atomic E-state index is -0.391. The predicted octanol–water partition coefficient (Wildman–Crippen LogP) is 2.00. The molecule has 98 valence electrons. The van der Waals surface area contributed by atoms with Gasteiger partial charge in [0, 0.05) is 19.1 Å². The summed E-state index contributed by atoms with van der Waals surface area (Å²) in [5.74, 6) is 0.752. The molecule has 2 atom stereocenters. The van der Waals surface area contributed by atoms with Gasteiger partial charge < -0.3 is 15.0 Å². The number of carbonyl (C=O) groups excluding carboxylic acids is 1. The highest BCUT2D eigenvalue weighted by Gasteiger charge is 2.32. The summed E-state index contributed by atoms with van der Waals surface area (Å²) < 4.78 is 5.42. The largest absolute Gasteiger partial charge is 0.444 e. The Morgan fingerprint density at radius 3 is 2.65 bits per heavy atom. The fourth-order valence-corrected chi connectivity index (χ4v) is 2.74. The fourth-order valence-electron chi connectivity index (χ4n) is 2.74. The second-order valence-electron chi connectivity index (χ2n) is 6.15. The van der Waals surface area contributed by atoms with E-state index >= 15 is 0 Å². The van der Waals surface area contributed by atoms with Gasteiger partial charge in [0.15, 0.2) is 0 Å². The third-order valence-corrected chi connectivity index (χ3v) is 3.62. The van der Waals surface area contributed by atoms with Crippen molar-refractivity contribution in [3.05, 3.63) is 0 Å². The Labute approximate surface area is 104 Å². The van der Waals surface area contributed by atoms with Crippen LogP contribution in [-0.4, -0.2) is 42.3 Å². The molecule has 2 fully saturated rings. The van der Waals surface area contributed by atoms with Gasteiger partial charge in [-0.2, -0.15) is 0 Å². The zero-order valence-corrected chi connectivity index (χ0v) is 11.2. The van der Waals surface area contributed by atoms with Gasteiger partial charge in [-0.05, 0) is 52.5 Å². The highest BCUT2D eigenvalue weighted by atomic mass is 16.6. The van der Waals surface area contributed by atoms with Crippen LogP contribution < -0.4 is 5.32 Å². The number of rotatable bonds is 0. The summed E-state index contributed by atoms with van der Waals surface area (Å²) in [5, 5.41) is 3.53. The number of nitrogens with one attached hydrogen (secondary N) is 1. The van der Waals surface area contributed by atoms with Crippen LogP contribution in [0.4, 0.5) is 4.79 Å². The summed E-state index contributed by atoms with van der Waals surface area (Å²) in [6, 6.07) is 0.613. The molecular formula is C13H24N2O2. The summed E-state index contributed by atoms with van der Waals surface area (Å²) >= 11 is 0. The molecule has 1 N–H and O–H groups in total. The van der Waals surface area contributed by atoms with Crippen molar-refractivity contribution in [2.75, 3.05) is 19.6 Å². The van der Waals surface area contributed by atoms with Crippen LogP contribution in [0.25, 0.3) is 0 Å². The molecule has 2 aliphatic rings. The van der Waals surface area contributed by atoms with Crippen LogP contribution in [-0.2, 0) is 4.74 Å². The first-order valence-electron chi connectivity index (χ1n) is 6.67. The molecule has 0 radical (unpaired) electrons. The molecular weight excluding hydrogens is 216 g/mol. The molecule has 2 unspecified atom stereocenters. The van der Waals surface area contributed by atoms with Crippen LogP contribution >= 0.6 is 0 Å². The van der Waals surface area contributed by atoms with E-state index < -0.39 is 5.60 Å². The number of fused-ring (bicyclic) bond motifs is 1. The Hall–Kier alpha value is -0.770. The van der Waals surface area contributed by atoms with Crippen molar-refractivity contribution in [2.45, 2.75) is 51.7 Å². The van der Waals surface area contributed by atoms with Crippen molar-refractivity contribution in [3.8, 4) is 0 Å². The average molecular weight is 240 g/mol. The predicted molar refractivity (Wildman–Crippen MR) is 66.9 cm³/mol. The second kappa shape index (κ2) is 4.84. The lowest BCUT2D eigenvalue weighted by atomic mass is 9.96. The van der Waals surface area contributed by atoms with Gasteiger partial charge in [0.05, 0.1) is 0 Å². The zero-order chi connectivity index (χ0) is 12.5. The lowest BCUT2D eigenvalue weighted by Crippen LogP contribution is -2.38. The van der Waals surface area contributed by atoms with Gasteiger partial charge >= 0.3 is 6.09 Å². The van der Waals surface area contributed by atoms with Gasteiger partial charge in [0.2, 0.25) is 0 Å². The zero-order valence-electron chi connectivity index (χ0n) is 11.2. The maximum Gasteiger partial charge on any atom is 0.410 e. The number of nitrogens with zero attached hydrogens (tertiary/aromatic N) is 1. The molecule has 4 heteroatoms. The topological polar surface area (TPSA) is 41.6 Å². The molecule has 17 heavy (non-hydrogen) atoms. The van der Waals surface area contributed by atoms with Crippen LogP contribution in [0, 0.1) is 5.92 Å². The Morgan fingerprint density at radius 1 is 1.24 bits per heavy atom. The highest BCUT2D eigenvalue weighted by Crippen LogP contribution is 2.26. The minimum Gasteiger partial charge on any atom is -0.444 e. The minimum absolute atomic E-state index is 0.155. The van der Waals surface area contributed by atoms with E-state index in [0.29, 0.717) is 6.04 Å². The SMILES string of the molecule is CC(C)(C)OC(=O)N1CCC2CCNC2CC1. The summed E-state index contributed by atoms with van der Waals surface area (Å²) in [6.45, 7) is 8.56. The normalized spacial score (nSPS) is 29.7. The first kappa shape index (κ1) is 12.7. The van der Waals surface area contributed by atoms with E-state index in [4.69, 9.17) is 4.74 Å². The molecule has 0 aromatic heterocycles. The number of carbonyl (C=O) groups is 1. The Bertz CT molecular complexity index is 272. The van der Waals surface area contributed by atoms with Crippen LogP contribution in [0.5, 0.6) is 0 Å². The molecule has 2 rings (SSSR count). The van der Waals surface area contributed by atoms with Crippen molar-refractivity contribution < 1.29 is 9.53 Å². The Morgan fingerprint density at radius 2 is 1.94 bits per heavy atom. The molecule has 0 spiro atoms. The molecule has 0 aliphatic carbocycles. The fraction of sp³-hybridized carbons (Fsp3) is 0.923. The second-order valence-corrected chi connectivity index (χ2v) is 6.15. The van der Waals surface area contributed by atoms with Crippen LogP contribution in [0.2, 0.25) is 0 Å². The average Bonchev–Trinajstić information content (AvgIpc) is 2.54. The van der Waals surface area contributed by atoms with Gasteiger partial charge in [0.25, 0.3) is 0 Å². The third-order valence-electron chi connectivity index (χ3n) is 3.62. The van der Waals surface area contributed by atoms with E-state index in [-0.39, 0.29) is 6.09 Å². The van der Waals surface area contributed by atoms with Crippen molar-refractivity contribution in [1.29, 1.82) is 0 Å². The number of hydrogen-bond donors (Lipinski definition) is 1. The number of hydrogen-bond acceptors (Lipinski definition) is 3. The van der Waals surface area contributed by atoms with Gasteiger partial charge in [-0.1, -0.05) is 0 Å². The Balaban J connectivity index is 1.88. The number of amides is 1.